The summed E-state index contributed by atoms with van der Waals surface area (Å²) in [6.45, 7) is 4.41. The van der Waals surface area contributed by atoms with Gasteiger partial charge in [0.05, 0.1) is 12.5 Å². The van der Waals surface area contributed by atoms with E-state index in [1.807, 2.05) is 38.4 Å². The van der Waals surface area contributed by atoms with E-state index < -0.39 is 0 Å². The van der Waals surface area contributed by atoms with Crippen LogP contribution < -0.4 is 5.73 Å². The Labute approximate surface area is 107 Å². The molecule has 0 saturated heterocycles. The van der Waals surface area contributed by atoms with Crippen LogP contribution in [-0.4, -0.2) is 23.9 Å². The molecule has 1 rings (SSSR count). The van der Waals surface area contributed by atoms with Crippen LogP contribution in [-0.2, 0) is 11.3 Å². The van der Waals surface area contributed by atoms with Crippen molar-refractivity contribution in [3.05, 3.63) is 22.4 Å². The van der Waals surface area contributed by atoms with Crippen LogP contribution in [0.5, 0.6) is 0 Å². The summed E-state index contributed by atoms with van der Waals surface area (Å²) in [6, 6.07) is 3.93. The second kappa shape index (κ2) is 6.89. The van der Waals surface area contributed by atoms with Crippen molar-refractivity contribution in [1.82, 2.24) is 4.90 Å². The van der Waals surface area contributed by atoms with Crippen molar-refractivity contribution in [2.75, 3.05) is 7.05 Å². The first-order valence-electron chi connectivity index (χ1n) is 5.05. The molecular formula is C11H19ClN2OS. The highest BCUT2D eigenvalue weighted by Crippen LogP contribution is 2.13. The topological polar surface area (TPSA) is 46.3 Å². The van der Waals surface area contributed by atoms with Gasteiger partial charge in [0.2, 0.25) is 5.91 Å². The number of carbonyl (C=O) groups excluding carboxylic acids is 1. The van der Waals surface area contributed by atoms with Crippen LogP contribution in [0.15, 0.2) is 17.5 Å². The van der Waals surface area contributed by atoms with Gasteiger partial charge in [-0.15, -0.1) is 23.7 Å². The number of hydrogen-bond donors (Lipinski definition) is 1. The van der Waals surface area contributed by atoms with Gasteiger partial charge in [-0.05, 0) is 18.4 Å². The predicted octanol–water partition coefficient (Wildman–Crippen LogP) is 2.11. The van der Waals surface area contributed by atoms with E-state index in [9.17, 15) is 4.79 Å². The van der Waals surface area contributed by atoms with Gasteiger partial charge in [-0.25, -0.2) is 0 Å². The molecule has 2 unspecified atom stereocenters. The molecule has 2 N–H and O–H groups in total. The lowest BCUT2D eigenvalue weighted by Gasteiger charge is -2.22. The molecule has 1 aromatic heterocycles. The summed E-state index contributed by atoms with van der Waals surface area (Å²) in [4.78, 5) is 14.8. The van der Waals surface area contributed by atoms with Gasteiger partial charge in [0.1, 0.15) is 0 Å². The van der Waals surface area contributed by atoms with E-state index in [1.54, 1.807) is 16.2 Å². The molecule has 0 aliphatic carbocycles. The molecule has 0 saturated carbocycles. The zero-order chi connectivity index (χ0) is 11.4. The number of hydrogen-bond acceptors (Lipinski definition) is 3. The van der Waals surface area contributed by atoms with E-state index in [2.05, 4.69) is 0 Å². The molecule has 0 aliphatic heterocycles. The maximum atomic E-state index is 11.9. The van der Waals surface area contributed by atoms with E-state index in [-0.39, 0.29) is 30.3 Å². The van der Waals surface area contributed by atoms with Crippen LogP contribution in [0.1, 0.15) is 18.7 Å². The SMILES string of the molecule is CC(N)C(C)C(=O)N(C)Cc1cccs1.Cl. The molecule has 0 bridgehead atoms. The fourth-order valence-corrected chi connectivity index (χ4v) is 2.04. The number of carbonyl (C=O) groups is 1. The van der Waals surface area contributed by atoms with Crippen molar-refractivity contribution in [2.45, 2.75) is 26.4 Å². The Morgan fingerprint density at radius 1 is 1.56 bits per heavy atom. The maximum absolute atomic E-state index is 11.9. The van der Waals surface area contributed by atoms with E-state index in [4.69, 9.17) is 5.73 Å². The van der Waals surface area contributed by atoms with Crippen LogP contribution in [0.3, 0.4) is 0 Å². The van der Waals surface area contributed by atoms with Crippen molar-refractivity contribution >= 4 is 29.7 Å². The smallest absolute Gasteiger partial charge is 0.227 e. The fraction of sp³-hybridized carbons (Fsp3) is 0.545. The molecule has 1 heterocycles. The highest BCUT2D eigenvalue weighted by atomic mass is 35.5. The zero-order valence-electron chi connectivity index (χ0n) is 9.84. The second-order valence-corrected chi connectivity index (χ2v) is 4.95. The Kier molecular flexibility index (Phi) is 6.64. The summed E-state index contributed by atoms with van der Waals surface area (Å²) in [5.74, 6) is -0.00615. The van der Waals surface area contributed by atoms with Gasteiger partial charge in [-0.2, -0.15) is 0 Å². The summed E-state index contributed by atoms with van der Waals surface area (Å²) in [6.07, 6.45) is 0. The van der Waals surface area contributed by atoms with Gasteiger partial charge >= 0.3 is 0 Å². The molecule has 5 heteroatoms. The number of nitrogens with zero attached hydrogens (tertiary/aromatic N) is 1. The van der Waals surface area contributed by atoms with Crippen LogP contribution >= 0.6 is 23.7 Å². The first-order chi connectivity index (χ1) is 7.02. The first-order valence-corrected chi connectivity index (χ1v) is 5.93. The lowest BCUT2D eigenvalue weighted by atomic mass is 10.0. The largest absolute Gasteiger partial charge is 0.340 e. The van der Waals surface area contributed by atoms with Crippen molar-refractivity contribution in [1.29, 1.82) is 0 Å². The van der Waals surface area contributed by atoms with Gasteiger partial charge in [0, 0.05) is 18.0 Å². The Morgan fingerprint density at radius 3 is 2.62 bits per heavy atom. The molecule has 2 atom stereocenters. The van der Waals surface area contributed by atoms with Crippen molar-refractivity contribution in [3.8, 4) is 0 Å². The third kappa shape index (κ3) is 4.12. The highest BCUT2D eigenvalue weighted by Gasteiger charge is 2.20. The molecule has 16 heavy (non-hydrogen) atoms. The molecule has 3 nitrogen and oxygen atoms in total. The van der Waals surface area contributed by atoms with E-state index in [1.165, 1.54) is 4.88 Å². The number of rotatable bonds is 4. The average Bonchev–Trinajstić information content (AvgIpc) is 2.67. The van der Waals surface area contributed by atoms with Gasteiger partial charge in [0.25, 0.3) is 0 Å². The molecular weight excluding hydrogens is 244 g/mol. The number of thiophene rings is 1. The average molecular weight is 263 g/mol. The lowest BCUT2D eigenvalue weighted by molar-refractivity contribution is -0.134. The van der Waals surface area contributed by atoms with Gasteiger partial charge in [-0.3, -0.25) is 4.79 Å². The number of nitrogens with two attached hydrogens (primary N) is 1. The summed E-state index contributed by atoms with van der Waals surface area (Å²) >= 11 is 1.66. The van der Waals surface area contributed by atoms with Crippen LogP contribution in [0.25, 0.3) is 0 Å². The fourth-order valence-electron chi connectivity index (χ4n) is 1.29. The van der Waals surface area contributed by atoms with Gasteiger partial charge < -0.3 is 10.6 Å². The molecule has 1 amide bonds. The lowest BCUT2D eigenvalue weighted by Crippen LogP contribution is -2.39. The summed E-state index contributed by atoms with van der Waals surface area (Å²) in [5, 5.41) is 2.02. The molecule has 0 spiro atoms. The summed E-state index contributed by atoms with van der Waals surface area (Å²) < 4.78 is 0. The molecule has 1 aromatic rings. The standard InChI is InChI=1S/C11H18N2OS.ClH/c1-8(9(2)12)11(14)13(3)7-10-5-4-6-15-10;/h4-6,8-9H,7,12H2,1-3H3;1H. The quantitative estimate of drug-likeness (QED) is 0.904. The molecule has 0 radical (unpaired) electrons. The van der Waals surface area contributed by atoms with Gasteiger partial charge in [-0.1, -0.05) is 13.0 Å². The van der Waals surface area contributed by atoms with Crippen molar-refractivity contribution in [3.63, 3.8) is 0 Å². The second-order valence-electron chi connectivity index (χ2n) is 3.92. The molecule has 0 aromatic carbocycles. The van der Waals surface area contributed by atoms with Crippen molar-refractivity contribution in [2.24, 2.45) is 11.7 Å². The molecule has 92 valence electrons. The van der Waals surface area contributed by atoms with Crippen molar-refractivity contribution < 1.29 is 4.79 Å². The minimum Gasteiger partial charge on any atom is -0.340 e. The van der Waals surface area contributed by atoms with E-state index >= 15 is 0 Å². The Balaban J connectivity index is 0.00000225. The minimum absolute atomic E-state index is 0. The first kappa shape index (κ1) is 15.4. The highest BCUT2D eigenvalue weighted by molar-refractivity contribution is 7.09. The van der Waals surface area contributed by atoms with Crippen LogP contribution in [0, 0.1) is 5.92 Å². The third-order valence-electron chi connectivity index (χ3n) is 2.53. The predicted molar refractivity (Wildman–Crippen MR) is 70.9 cm³/mol. The number of amides is 1. The van der Waals surface area contributed by atoms with E-state index in [0.29, 0.717) is 6.54 Å². The normalized spacial score (nSPS) is 13.8. The van der Waals surface area contributed by atoms with Crippen LogP contribution in [0.4, 0.5) is 0 Å². The number of halogens is 1. The zero-order valence-corrected chi connectivity index (χ0v) is 11.5. The Morgan fingerprint density at radius 2 is 2.19 bits per heavy atom. The van der Waals surface area contributed by atoms with Gasteiger partial charge in [0.15, 0.2) is 0 Å². The minimum atomic E-state index is -0.116. The molecule has 0 aliphatic rings. The summed E-state index contributed by atoms with van der Waals surface area (Å²) in [5.41, 5.74) is 5.70. The monoisotopic (exact) mass is 262 g/mol. The maximum Gasteiger partial charge on any atom is 0.227 e. The van der Waals surface area contributed by atoms with E-state index in [0.717, 1.165) is 0 Å². The third-order valence-corrected chi connectivity index (χ3v) is 3.39. The Hall–Kier alpha value is -0.580. The Bertz CT molecular complexity index is 314. The summed E-state index contributed by atoms with van der Waals surface area (Å²) in [7, 11) is 1.82. The van der Waals surface area contributed by atoms with Crippen LogP contribution in [0.2, 0.25) is 0 Å². The molecule has 0 fully saturated rings.